The lowest BCUT2D eigenvalue weighted by atomic mass is 9.87. The van der Waals surface area contributed by atoms with E-state index in [4.69, 9.17) is 37.5 Å². The lowest BCUT2D eigenvalue weighted by Crippen LogP contribution is -2.34. The molecule has 0 saturated carbocycles. The molecule has 2 fully saturated rings. The van der Waals surface area contributed by atoms with Crippen molar-refractivity contribution in [2.24, 2.45) is 0 Å². The highest BCUT2D eigenvalue weighted by molar-refractivity contribution is 6.36. The first-order chi connectivity index (χ1) is 23.4. The zero-order chi connectivity index (χ0) is 33.5. The number of hydroxylamine groups is 1. The van der Waals surface area contributed by atoms with Crippen LogP contribution in [0.2, 0.25) is 10.0 Å². The average molecular weight is 696 g/mol. The van der Waals surface area contributed by atoms with Crippen molar-refractivity contribution in [1.82, 2.24) is 10.4 Å². The summed E-state index contributed by atoms with van der Waals surface area (Å²) in [5.74, 6) is 0.00231. The first-order valence-electron chi connectivity index (χ1n) is 16.8. The van der Waals surface area contributed by atoms with Gasteiger partial charge in [0.25, 0.3) is 5.91 Å². The molecule has 0 spiro atoms. The molecule has 0 radical (unpaired) electrons. The molecule has 0 aromatic heterocycles. The van der Waals surface area contributed by atoms with Gasteiger partial charge in [-0.05, 0) is 109 Å². The molecule has 10 heteroatoms. The predicted molar refractivity (Wildman–Crippen MR) is 186 cm³/mol. The molecule has 3 aliphatic rings. The molecule has 7 nitrogen and oxygen atoms in total. The normalized spacial score (nSPS) is 19.9. The van der Waals surface area contributed by atoms with Gasteiger partial charge in [0.15, 0.2) is 12.1 Å². The number of amides is 1. The molecule has 1 N–H and O–H groups in total. The fourth-order valence-electron chi connectivity index (χ4n) is 6.79. The number of rotatable bonds is 12. The SMILES string of the molecule is O=C(CC(=O)c1ccc2c(c1)CCCC(c1ccc(Cl)cc1Cl)=C2c1ccc(O[C@H]2CCN(CCCF)C2)cc1)NOC1CCCCO1. The molecule has 3 aromatic carbocycles. The van der Waals surface area contributed by atoms with Crippen LogP contribution in [-0.4, -0.2) is 61.9 Å². The van der Waals surface area contributed by atoms with Crippen LogP contribution in [0.15, 0.2) is 60.7 Å². The Balaban J connectivity index is 1.25. The highest BCUT2D eigenvalue weighted by Gasteiger charge is 2.26. The summed E-state index contributed by atoms with van der Waals surface area (Å²) in [5, 5.41) is 1.15. The minimum absolute atomic E-state index is 0.0712. The second kappa shape index (κ2) is 16.4. The van der Waals surface area contributed by atoms with Crippen molar-refractivity contribution in [1.29, 1.82) is 0 Å². The first kappa shape index (κ1) is 34.6. The summed E-state index contributed by atoms with van der Waals surface area (Å²) < 4.78 is 24.4. The molecule has 6 rings (SSSR count). The molecule has 2 saturated heterocycles. The number of halogens is 3. The number of hydrogen-bond acceptors (Lipinski definition) is 6. The monoisotopic (exact) mass is 694 g/mol. The summed E-state index contributed by atoms with van der Waals surface area (Å²) in [7, 11) is 0. The van der Waals surface area contributed by atoms with Gasteiger partial charge in [-0.15, -0.1) is 0 Å². The summed E-state index contributed by atoms with van der Waals surface area (Å²) in [5.41, 5.74) is 8.97. The number of allylic oxidation sites excluding steroid dienone is 1. The van der Waals surface area contributed by atoms with Gasteiger partial charge >= 0.3 is 0 Å². The van der Waals surface area contributed by atoms with Crippen molar-refractivity contribution in [3.8, 4) is 5.75 Å². The number of Topliss-reactive ketones (excluding diaryl/α,β-unsaturated/α-hetero) is 1. The molecule has 1 amide bonds. The molecule has 2 atom stereocenters. The Morgan fingerprint density at radius 3 is 2.56 bits per heavy atom. The Morgan fingerprint density at radius 1 is 0.958 bits per heavy atom. The van der Waals surface area contributed by atoms with E-state index in [1.807, 2.05) is 36.4 Å². The van der Waals surface area contributed by atoms with Gasteiger partial charge in [0.2, 0.25) is 0 Å². The number of ketones is 1. The predicted octanol–water partition coefficient (Wildman–Crippen LogP) is 8.25. The number of carbonyl (C=O) groups is 2. The number of aryl methyl sites for hydroxylation is 1. The van der Waals surface area contributed by atoms with Gasteiger partial charge in [-0.3, -0.25) is 18.9 Å². The van der Waals surface area contributed by atoms with Crippen LogP contribution in [0.25, 0.3) is 11.1 Å². The van der Waals surface area contributed by atoms with E-state index in [1.54, 1.807) is 12.1 Å². The van der Waals surface area contributed by atoms with Crippen LogP contribution >= 0.6 is 23.2 Å². The van der Waals surface area contributed by atoms with Gasteiger partial charge in [0.05, 0.1) is 13.1 Å². The third kappa shape index (κ3) is 8.65. The molecule has 1 unspecified atom stereocenters. The molecule has 1 aliphatic carbocycles. The lowest BCUT2D eigenvalue weighted by molar-refractivity contribution is -0.200. The van der Waals surface area contributed by atoms with Gasteiger partial charge in [-0.1, -0.05) is 53.5 Å². The second-order valence-electron chi connectivity index (χ2n) is 12.6. The highest BCUT2D eigenvalue weighted by atomic mass is 35.5. The number of hydrogen-bond donors (Lipinski definition) is 1. The standard InChI is InChI=1S/C38H41Cl2FN2O5/c39-28-11-15-32(34(40)22-28)33-6-3-5-26-21-27(35(44)23-36(45)42-48-37-7-1-2-20-46-37)10-14-31(26)38(33)25-8-12-29(13-9-25)47-30-16-19-43(24-30)18-4-17-41/h8-15,21-22,30,37H,1-7,16-20,23-24H2,(H,42,45)/t30-,37?/m0/s1. The van der Waals surface area contributed by atoms with Crippen LogP contribution in [0.5, 0.6) is 5.75 Å². The maximum Gasteiger partial charge on any atom is 0.251 e. The van der Waals surface area contributed by atoms with E-state index in [2.05, 4.69) is 22.5 Å². The summed E-state index contributed by atoms with van der Waals surface area (Å²) in [4.78, 5) is 33.4. The molecule has 2 aliphatic heterocycles. The van der Waals surface area contributed by atoms with Crippen LogP contribution < -0.4 is 10.2 Å². The van der Waals surface area contributed by atoms with Gasteiger partial charge in [0.1, 0.15) is 11.9 Å². The Morgan fingerprint density at radius 2 is 1.79 bits per heavy atom. The number of nitrogens with one attached hydrogen (secondary N) is 1. The van der Waals surface area contributed by atoms with E-state index in [1.165, 1.54) is 0 Å². The minimum Gasteiger partial charge on any atom is -0.489 e. The van der Waals surface area contributed by atoms with E-state index < -0.39 is 12.2 Å². The van der Waals surface area contributed by atoms with Crippen molar-refractivity contribution in [2.75, 3.05) is 32.9 Å². The van der Waals surface area contributed by atoms with Gasteiger partial charge in [0, 0.05) is 48.3 Å². The Bertz CT molecular complexity index is 1640. The van der Waals surface area contributed by atoms with Gasteiger partial charge < -0.3 is 9.47 Å². The van der Waals surface area contributed by atoms with Crippen molar-refractivity contribution in [3.05, 3.63) is 98.5 Å². The molecular weight excluding hydrogens is 654 g/mol. The molecular formula is C38H41Cl2FN2O5. The number of benzene rings is 3. The van der Waals surface area contributed by atoms with Gasteiger partial charge in [-0.25, -0.2) is 10.3 Å². The highest BCUT2D eigenvalue weighted by Crippen LogP contribution is 2.43. The van der Waals surface area contributed by atoms with Gasteiger partial charge in [-0.2, -0.15) is 0 Å². The Labute approximate surface area is 291 Å². The summed E-state index contributed by atoms with van der Waals surface area (Å²) >= 11 is 13.1. The second-order valence-corrected chi connectivity index (χ2v) is 13.5. The van der Waals surface area contributed by atoms with Crippen molar-refractivity contribution >= 4 is 46.0 Å². The average Bonchev–Trinajstić information content (AvgIpc) is 3.45. The van der Waals surface area contributed by atoms with E-state index in [0.717, 1.165) is 97.3 Å². The summed E-state index contributed by atoms with van der Waals surface area (Å²) in [6.45, 7) is 2.76. The number of alkyl halides is 1. The number of carbonyl (C=O) groups excluding carboxylic acids is 2. The topological polar surface area (TPSA) is 77.1 Å². The molecule has 3 aromatic rings. The quantitative estimate of drug-likeness (QED) is 0.117. The molecule has 48 heavy (non-hydrogen) atoms. The van der Waals surface area contributed by atoms with E-state index in [9.17, 15) is 14.0 Å². The lowest BCUT2D eigenvalue weighted by Gasteiger charge is -2.22. The Kier molecular flexibility index (Phi) is 11.8. The van der Waals surface area contributed by atoms with Crippen molar-refractivity contribution in [2.45, 2.75) is 70.2 Å². The fraction of sp³-hybridized carbons (Fsp3) is 0.421. The van der Waals surface area contributed by atoms with Crippen LogP contribution in [0.1, 0.15) is 84.0 Å². The number of nitrogens with zero attached hydrogens (tertiary/aromatic N) is 1. The summed E-state index contributed by atoms with van der Waals surface area (Å²) in [6.07, 6.45) is 5.75. The Hall–Kier alpha value is -3.27. The number of fused-ring (bicyclic) bond motifs is 1. The number of ether oxygens (including phenoxy) is 2. The third-order valence-corrected chi connectivity index (χ3v) is 9.72. The van der Waals surface area contributed by atoms with Crippen LogP contribution in [-0.2, 0) is 20.8 Å². The largest absolute Gasteiger partial charge is 0.489 e. The fourth-order valence-corrected chi connectivity index (χ4v) is 7.31. The maximum absolute atomic E-state index is 13.2. The smallest absolute Gasteiger partial charge is 0.251 e. The molecule has 0 bridgehead atoms. The van der Waals surface area contributed by atoms with E-state index in [-0.39, 0.29) is 25.0 Å². The zero-order valence-electron chi connectivity index (χ0n) is 27.0. The van der Waals surface area contributed by atoms with Crippen LogP contribution in [0.4, 0.5) is 4.39 Å². The third-order valence-electron chi connectivity index (χ3n) is 9.17. The van der Waals surface area contributed by atoms with Crippen molar-refractivity contribution < 1.29 is 28.3 Å². The van der Waals surface area contributed by atoms with Crippen LogP contribution in [0.3, 0.4) is 0 Å². The first-order valence-corrected chi connectivity index (χ1v) is 17.6. The molecule has 254 valence electrons. The zero-order valence-corrected chi connectivity index (χ0v) is 28.5. The summed E-state index contributed by atoms with van der Waals surface area (Å²) in [6, 6.07) is 19.4. The number of likely N-dealkylation sites (tertiary alicyclic amines) is 1. The van der Waals surface area contributed by atoms with E-state index in [0.29, 0.717) is 35.1 Å². The van der Waals surface area contributed by atoms with Crippen molar-refractivity contribution in [3.63, 3.8) is 0 Å². The van der Waals surface area contributed by atoms with Crippen LogP contribution in [0, 0.1) is 0 Å². The molecule has 2 heterocycles. The maximum atomic E-state index is 13.2. The minimum atomic E-state index is -0.503. The van der Waals surface area contributed by atoms with E-state index >= 15 is 0 Å².